The fourth-order valence-corrected chi connectivity index (χ4v) is 2.39. The van der Waals surface area contributed by atoms with E-state index in [2.05, 4.69) is 10.3 Å². The van der Waals surface area contributed by atoms with Gasteiger partial charge in [-0.1, -0.05) is 11.8 Å². The Morgan fingerprint density at radius 3 is 2.81 bits per heavy atom. The molecule has 1 aliphatic carbocycles. The van der Waals surface area contributed by atoms with Gasteiger partial charge >= 0.3 is 0 Å². The van der Waals surface area contributed by atoms with Crippen molar-refractivity contribution in [2.45, 2.75) is 50.8 Å². The summed E-state index contributed by atoms with van der Waals surface area (Å²) in [5, 5.41) is 4.34. The normalized spacial score (nSPS) is 15.6. The molecule has 1 aliphatic rings. The van der Waals surface area contributed by atoms with Crippen LogP contribution in [-0.2, 0) is 0 Å². The molecule has 0 saturated heterocycles. The molecule has 90 valence electrons. The summed E-state index contributed by atoms with van der Waals surface area (Å²) in [6.45, 7) is 5.11. The average Bonchev–Trinajstić information content (AvgIpc) is 3.01. The molecule has 0 amide bonds. The second kappa shape index (κ2) is 5.73. The fourth-order valence-electron chi connectivity index (χ4n) is 1.49. The largest absolute Gasteiger partial charge is 0.437 e. The van der Waals surface area contributed by atoms with Crippen molar-refractivity contribution in [2.24, 2.45) is 0 Å². The monoisotopic (exact) mass is 240 g/mol. The van der Waals surface area contributed by atoms with Gasteiger partial charge in [0.2, 0.25) is 0 Å². The zero-order valence-electron chi connectivity index (χ0n) is 10.1. The first-order valence-electron chi connectivity index (χ1n) is 6.06. The molecule has 1 aromatic heterocycles. The Kier molecular flexibility index (Phi) is 4.29. The van der Waals surface area contributed by atoms with Gasteiger partial charge in [0.1, 0.15) is 5.76 Å². The minimum absolute atomic E-state index is 0.824. The highest BCUT2D eigenvalue weighted by Crippen LogP contribution is 2.21. The molecule has 16 heavy (non-hydrogen) atoms. The van der Waals surface area contributed by atoms with Gasteiger partial charge in [0.05, 0.1) is 5.69 Å². The molecule has 0 unspecified atom stereocenters. The van der Waals surface area contributed by atoms with Crippen molar-refractivity contribution in [3.63, 3.8) is 0 Å². The van der Waals surface area contributed by atoms with Gasteiger partial charge in [-0.3, -0.25) is 0 Å². The van der Waals surface area contributed by atoms with Gasteiger partial charge in [-0.2, -0.15) is 0 Å². The van der Waals surface area contributed by atoms with Crippen LogP contribution in [0, 0.1) is 13.8 Å². The Morgan fingerprint density at radius 2 is 2.19 bits per heavy atom. The van der Waals surface area contributed by atoms with E-state index >= 15 is 0 Å². The molecule has 0 bridgehead atoms. The van der Waals surface area contributed by atoms with E-state index in [1.165, 1.54) is 25.7 Å². The van der Waals surface area contributed by atoms with Crippen molar-refractivity contribution in [3.8, 4) is 0 Å². The van der Waals surface area contributed by atoms with Crippen LogP contribution in [0.2, 0.25) is 0 Å². The minimum atomic E-state index is 0.824. The average molecular weight is 240 g/mol. The second-order valence-electron chi connectivity index (χ2n) is 4.41. The molecule has 1 fully saturated rings. The number of rotatable bonds is 7. The molecule has 3 nitrogen and oxygen atoms in total. The van der Waals surface area contributed by atoms with Crippen LogP contribution in [0.1, 0.15) is 37.1 Å². The highest BCUT2D eigenvalue weighted by Gasteiger charge is 2.19. The quantitative estimate of drug-likeness (QED) is 0.587. The molecule has 0 aliphatic heterocycles. The predicted octanol–water partition coefficient (Wildman–Crippen LogP) is 2.92. The predicted molar refractivity (Wildman–Crippen MR) is 67.0 cm³/mol. The van der Waals surface area contributed by atoms with E-state index in [0.29, 0.717) is 0 Å². The number of unbranched alkanes of at least 4 members (excludes halogenated alkanes) is 1. The molecular weight excluding hydrogens is 220 g/mol. The van der Waals surface area contributed by atoms with E-state index in [-0.39, 0.29) is 0 Å². The number of hydrogen-bond acceptors (Lipinski definition) is 4. The lowest BCUT2D eigenvalue weighted by atomic mass is 10.3. The topological polar surface area (TPSA) is 38.1 Å². The lowest BCUT2D eigenvalue weighted by Crippen LogP contribution is -2.17. The minimum Gasteiger partial charge on any atom is -0.437 e. The first-order valence-corrected chi connectivity index (χ1v) is 7.04. The van der Waals surface area contributed by atoms with Crippen molar-refractivity contribution in [3.05, 3.63) is 11.5 Å². The van der Waals surface area contributed by atoms with E-state index in [9.17, 15) is 0 Å². The van der Waals surface area contributed by atoms with Gasteiger partial charge in [-0.05, 0) is 46.1 Å². The molecule has 1 heterocycles. The number of aryl methyl sites for hydroxylation is 2. The lowest BCUT2D eigenvalue weighted by Gasteiger charge is -2.01. The van der Waals surface area contributed by atoms with Gasteiger partial charge in [-0.15, -0.1) is 0 Å². The number of thioether (sulfide) groups is 1. The molecule has 0 aromatic carbocycles. The summed E-state index contributed by atoms with van der Waals surface area (Å²) in [6.07, 6.45) is 5.24. The molecule has 1 saturated carbocycles. The van der Waals surface area contributed by atoms with Gasteiger partial charge in [0.25, 0.3) is 5.22 Å². The highest BCUT2D eigenvalue weighted by atomic mass is 32.2. The van der Waals surface area contributed by atoms with Crippen molar-refractivity contribution in [1.29, 1.82) is 0 Å². The van der Waals surface area contributed by atoms with Gasteiger partial charge < -0.3 is 9.73 Å². The molecule has 1 aromatic rings. The van der Waals surface area contributed by atoms with E-state index in [4.69, 9.17) is 4.42 Å². The molecule has 1 N–H and O–H groups in total. The first kappa shape index (κ1) is 12.0. The van der Waals surface area contributed by atoms with Crippen LogP contribution in [0.15, 0.2) is 9.64 Å². The summed E-state index contributed by atoms with van der Waals surface area (Å²) in [5.74, 6) is 2.05. The first-order chi connectivity index (χ1) is 7.75. The maximum absolute atomic E-state index is 5.51. The van der Waals surface area contributed by atoms with Crippen molar-refractivity contribution in [1.82, 2.24) is 10.3 Å². The van der Waals surface area contributed by atoms with Crippen LogP contribution in [0.25, 0.3) is 0 Å². The third kappa shape index (κ3) is 3.83. The Labute approximate surface area is 101 Å². The summed E-state index contributed by atoms with van der Waals surface area (Å²) >= 11 is 1.72. The number of oxazole rings is 1. The second-order valence-corrected chi connectivity index (χ2v) is 5.45. The maximum Gasteiger partial charge on any atom is 0.256 e. The summed E-state index contributed by atoms with van der Waals surface area (Å²) in [5.41, 5.74) is 1.01. The number of nitrogens with one attached hydrogen (secondary N) is 1. The van der Waals surface area contributed by atoms with Crippen LogP contribution >= 0.6 is 11.8 Å². The summed E-state index contributed by atoms with van der Waals surface area (Å²) in [4.78, 5) is 4.35. The third-order valence-electron chi connectivity index (χ3n) is 2.82. The maximum atomic E-state index is 5.51. The van der Waals surface area contributed by atoms with Crippen molar-refractivity contribution >= 4 is 11.8 Å². The summed E-state index contributed by atoms with van der Waals surface area (Å²) in [7, 11) is 0. The van der Waals surface area contributed by atoms with Crippen LogP contribution in [0.5, 0.6) is 0 Å². The van der Waals surface area contributed by atoms with E-state index in [0.717, 1.165) is 35.0 Å². The van der Waals surface area contributed by atoms with Crippen LogP contribution in [-0.4, -0.2) is 23.3 Å². The summed E-state index contributed by atoms with van der Waals surface area (Å²) in [6, 6.07) is 0.838. The highest BCUT2D eigenvalue weighted by molar-refractivity contribution is 7.99. The van der Waals surface area contributed by atoms with E-state index in [1.54, 1.807) is 11.8 Å². The van der Waals surface area contributed by atoms with Gasteiger partial charge in [0, 0.05) is 11.8 Å². The molecule has 0 spiro atoms. The van der Waals surface area contributed by atoms with Gasteiger partial charge in [0.15, 0.2) is 0 Å². The molecule has 2 rings (SSSR count). The van der Waals surface area contributed by atoms with E-state index < -0.39 is 0 Å². The molecule has 0 radical (unpaired) electrons. The SMILES string of the molecule is Cc1nc(SCCCCNC2CC2)oc1C. The zero-order valence-corrected chi connectivity index (χ0v) is 10.9. The van der Waals surface area contributed by atoms with E-state index in [1.807, 2.05) is 13.8 Å². The Balaban J connectivity index is 1.53. The van der Waals surface area contributed by atoms with Crippen LogP contribution < -0.4 is 5.32 Å². The molecule has 4 heteroatoms. The third-order valence-corrected chi connectivity index (χ3v) is 3.73. The van der Waals surface area contributed by atoms with Crippen molar-refractivity contribution in [2.75, 3.05) is 12.3 Å². The molecular formula is C12H20N2OS. The smallest absolute Gasteiger partial charge is 0.256 e. The number of aromatic nitrogens is 1. The molecule has 0 atom stereocenters. The van der Waals surface area contributed by atoms with Gasteiger partial charge in [-0.25, -0.2) is 4.98 Å². The zero-order chi connectivity index (χ0) is 11.4. The Morgan fingerprint density at radius 1 is 1.38 bits per heavy atom. The van der Waals surface area contributed by atoms with Crippen LogP contribution in [0.4, 0.5) is 0 Å². The summed E-state index contributed by atoms with van der Waals surface area (Å²) < 4.78 is 5.51. The Hall–Kier alpha value is -0.480. The number of nitrogens with zero attached hydrogens (tertiary/aromatic N) is 1. The standard InChI is InChI=1S/C12H20N2OS/c1-9-10(2)15-12(14-9)16-8-4-3-7-13-11-5-6-11/h11,13H,3-8H2,1-2H3. The van der Waals surface area contributed by atoms with Crippen molar-refractivity contribution < 1.29 is 4.42 Å². The number of hydrogen-bond donors (Lipinski definition) is 1. The lowest BCUT2D eigenvalue weighted by molar-refractivity contribution is 0.431. The Bertz CT molecular complexity index is 314. The fraction of sp³-hybridized carbons (Fsp3) is 0.750. The van der Waals surface area contributed by atoms with Crippen LogP contribution in [0.3, 0.4) is 0 Å².